The van der Waals surface area contributed by atoms with E-state index in [1.54, 1.807) is 0 Å². The van der Waals surface area contributed by atoms with Gasteiger partial charge in [-0.1, -0.05) is 25.7 Å². The summed E-state index contributed by atoms with van der Waals surface area (Å²) in [5.41, 5.74) is -0.422. The van der Waals surface area contributed by atoms with Crippen LogP contribution in [0.2, 0.25) is 0 Å². The van der Waals surface area contributed by atoms with Crippen LogP contribution in [0.4, 0.5) is 0 Å². The number of nitrogens with zero attached hydrogens (tertiary/aromatic N) is 1. The van der Waals surface area contributed by atoms with E-state index in [9.17, 15) is 5.11 Å². The average molecular weight is 254 g/mol. The molecule has 2 aliphatic rings. The number of aliphatic hydroxyl groups is 1. The molecule has 2 fully saturated rings. The number of nitrogens with one attached hydrogen (secondary N) is 1. The number of piperidine rings is 1. The van der Waals surface area contributed by atoms with Gasteiger partial charge in [0.05, 0.1) is 5.60 Å². The molecule has 3 heteroatoms. The minimum Gasteiger partial charge on any atom is -0.389 e. The van der Waals surface area contributed by atoms with Crippen molar-refractivity contribution in [1.82, 2.24) is 10.2 Å². The molecule has 0 amide bonds. The van der Waals surface area contributed by atoms with Crippen LogP contribution in [0, 0.1) is 0 Å². The van der Waals surface area contributed by atoms with Gasteiger partial charge in [0.15, 0.2) is 0 Å². The van der Waals surface area contributed by atoms with Crippen molar-refractivity contribution in [2.24, 2.45) is 0 Å². The van der Waals surface area contributed by atoms with Crippen molar-refractivity contribution in [3.8, 4) is 0 Å². The molecule has 106 valence electrons. The molecule has 18 heavy (non-hydrogen) atoms. The zero-order chi connectivity index (χ0) is 12.8. The summed E-state index contributed by atoms with van der Waals surface area (Å²) >= 11 is 0. The summed E-state index contributed by atoms with van der Waals surface area (Å²) in [6, 6.07) is 0.494. The van der Waals surface area contributed by atoms with E-state index >= 15 is 0 Å². The fourth-order valence-electron chi connectivity index (χ4n) is 3.34. The van der Waals surface area contributed by atoms with Crippen LogP contribution in [0.15, 0.2) is 0 Å². The van der Waals surface area contributed by atoms with Crippen LogP contribution in [0.1, 0.15) is 58.3 Å². The summed E-state index contributed by atoms with van der Waals surface area (Å²) in [5.74, 6) is 0. The van der Waals surface area contributed by atoms with E-state index in [1.165, 1.54) is 51.6 Å². The summed E-state index contributed by atoms with van der Waals surface area (Å²) in [5, 5.41) is 14.0. The fraction of sp³-hybridized carbons (Fsp3) is 1.00. The zero-order valence-corrected chi connectivity index (χ0v) is 12.0. The van der Waals surface area contributed by atoms with Crippen LogP contribution in [0.5, 0.6) is 0 Å². The van der Waals surface area contributed by atoms with E-state index in [0.717, 1.165) is 25.9 Å². The molecule has 0 aromatic rings. The normalized spacial score (nSPS) is 27.0. The molecule has 2 N–H and O–H groups in total. The Kier molecular flexibility index (Phi) is 5.46. The first kappa shape index (κ1) is 14.3. The monoisotopic (exact) mass is 254 g/mol. The molecule has 3 nitrogen and oxygen atoms in total. The first-order valence-electron chi connectivity index (χ1n) is 7.86. The third kappa shape index (κ3) is 4.52. The second-order valence-electron chi connectivity index (χ2n) is 6.43. The lowest BCUT2D eigenvalue weighted by atomic mass is 9.85. The van der Waals surface area contributed by atoms with E-state index in [0.29, 0.717) is 6.04 Å². The van der Waals surface area contributed by atoms with E-state index in [1.807, 2.05) is 0 Å². The van der Waals surface area contributed by atoms with E-state index in [-0.39, 0.29) is 0 Å². The van der Waals surface area contributed by atoms with E-state index in [2.05, 4.69) is 17.1 Å². The highest BCUT2D eigenvalue weighted by atomic mass is 16.3. The first-order chi connectivity index (χ1) is 8.68. The second-order valence-corrected chi connectivity index (χ2v) is 6.43. The molecule has 1 unspecified atom stereocenters. The van der Waals surface area contributed by atoms with Gasteiger partial charge < -0.3 is 15.3 Å². The lowest BCUT2D eigenvalue weighted by Gasteiger charge is -2.35. The summed E-state index contributed by atoms with van der Waals surface area (Å²) in [6.45, 7) is 6.69. The molecular formula is C15H30N2O. The predicted molar refractivity (Wildman–Crippen MR) is 75.8 cm³/mol. The first-order valence-corrected chi connectivity index (χ1v) is 7.86. The molecule has 1 saturated carbocycles. The Morgan fingerprint density at radius 1 is 1.06 bits per heavy atom. The molecule has 0 spiro atoms. The topological polar surface area (TPSA) is 35.5 Å². The molecule has 1 aliphatic carbocycles. The number of likely N-dealkylation sites (tertiary alicyclic amines) is 1. The molecule has 0 aromatic carbocycles. The summed E-state index contributed by atoms with van der Waals surface area (Å²) in [4.78, 5) is 2.56. The van der Waals surface area contributed by atoms with Gasteiger partial charge in [-0.05, 0) is 45.7 Å². The molecule has 1 atom stereocenters. The standard InChI is InChI=1S/C15H30N2O/c1-14(12-17-10-6-3-7-11-17)16-13-15(18)8-4-2-5-9-15/h14,16,18H,2-13H2,1H3. The smallest absolute Gasteiger partial charge is 0.0771 e. The van der Waals surface area contributed by atoms with Crippen molar-refractivity contribution in [1.29, 1.82) is 0 Å². The van der Waals surface area contributed by atoms with Crippen molar-refractivity contribution in [3.63, 3.8) is 0 Å². The third-order valence-electron chi connectivity index (χ3n) is 4.54. The number of hydrogen-bond acceptors (Lipinski definition) is 3. The van der Waals surface area contributed by atoms with Gasteiger partial charge in [0, 0.05) is 19.1 Å². The Hall–Kier alpha value is -0.120. The lowest BCUT2D eigenvalue weighted by Crippen LogP contribution is -2.48. The van der Waals surface area contributed by atoms with Gasteiger partial charge in [-0.3, -0.25) is 0 Å². The second kappa shape index (κ2) is 6.88. The van der Waals surface area contributed by atoms with Gasteiger partial charge in [-0.25, -0.2) is 0 Å². The predicted octanol–water partition coefficient (Wildman–Crippen LogP) is 2.15. The Morgan fingerprint density at radius 2 is 1.67 bits per heavy atom. The van der Waals surface area contributed by atoms with Gasteiger partial charge in [-0.15, -0.1) is 0 Å². The van der Waals surface area contributed by atoms with E-state index < -0.39 is 5.60 Å². The van der Waals surface area contributed by atoms with Crippen molar-refractivity contribution in [3.05, 3.63) is 0 Å². The molecule has 1 heterocycles. The minimum absolute atomic E-state index is 0.422. The largest absolute Gasteiger partial charge is 0.389 e. The van der Waals surface area contributed by atoms with Gasteiger partial charge in [-0.2, -0.15) is 0 Å². The Labute approximate surface area is 112 Å². The fourth-order valence-corrected chi connectivity index (χ4v) is 3.34. The quantitative estimate of drug-likeness (QED) is 0.789. The lowest BCUT2D eigenvalue weighted by molar-refractivity contribution is 0.00204. The molecule has 1 saturated heterocycles. The van der Waals surface area contributed by atoms with Crippen LogP contribution in [-0.2, 0) is 0 Å². The van der Waals surface area contributed by atoms with Crippen molar-refractivity contribution >= 4 is 0 Å². The van der Waals surface area contributed by atoms with E-state index in [4.69, 9.17) is 0 Å². The van der Waals surface area contributed by atoms with Crippen LogP contribution < -0.4 is 5.32 Å². The maximum Gasteiger partial charge on any atom is 0.0771 e. The number of hydrogen-bond donors (Lipinski definition) is 2. The van der Waals surface area contributed by atoms with Crippen LogP contribution in [0.25, 0.3) is 0 Å². The molecule has 2 rings (SSSR count). The highest BCUT2D eigenvalue weighted by molar-refractivity contribution is 4.85. The van der Waals surface area contributed by atoms with Crippen LogP contribution in [0.3, 0.4) is 0 Å². The van der Waals surface area contributed by atoms with Gasteiger partial charge >= 0.3 is 0 Å². The van der Waals surface area contributed by atoms with Crippen molar-refractivity contribution in [2.75, 3.05) is 26.2 Å². The molecule has 0 aromatic heterocycles. The Morgan fingerprint density at radius 3 is 2.33 bits per heavy atom. The van der Waals surface area contributed by atoms with Gasteiger partial charge in [0.1, 0.15) is 0 Å². The molecule has 0 radical (unpaired) electrons. The Balaban J connectivity index is 1.65. The van der Waals surface area contributed by atoms with Crippen LogP contribution >= 0.6 is 0 Å². The summed E-state index contributed by atoms with van der Waals surface area (Å²) < 4.78 is 0. The number of rotatable bonds is 5. The highest BCUT2D eigenvalue weighted by Crippen LogP contribution is 2.27. The van der Waals surface area contributed by atoms with Crippen molar-refractivity contribution < 1.29 is 5.11 Å². The maximum absolute atomic E-state index is 10.4. The van der Waals surface area contributed by atoms with Crippen molar-refractivity contribution in [2.45, 2.75) is 69.9 Å². The van der Waals surface area contributed by atoms with Gasteiger partial charge in [0.2, 0.25) is 0 Å². The summed E-state index contributed by atoms with van der Waals surface area (Å²) in [7, 11) is 0. The SMILES string of the molecule is CC(CN1CCCCC1)NCC1(O)CCCCC1. The highest BCUT2D eigenvalue weighted by Gasteiger charge is 2.29. The molecular weight excluding hydrogens is 224 g/mol. The average Bonchev–Trinajstić information content (AvgIpc) is 2.39. The third-order valence-corrected chi connectivity index (χ3v) is 4.54. The summed E-state index contributed by atoms with van der Waals surface area (Å²) in [6.07, 6.45) is 9.77. The molecule has 1 aliphatic heterocycles. The van der Waals surface area contributed by atoms with Gasteiger partial charge in [0.25, 0.3) is 0 Å². The van der Waals surface area contributed by atoms with Crippen LogP contribution in [-0.4, -0.2) is 47.8 Å². The Bertz CT molecular complexity index is 233. The molecule has 0 bridgehead atoms. The maximum atomic E-state index is 10.4. The zero-order valence-electron chi connectivity index (χ0n) is 12.0. The minimum atomic E-state index is -0.422.